The molecule has 2 aliphatic heterocycles. The van der Waals surface area contributed by atoms with Crippen LogP contribution >= 0.6 is 49.3 Å². The predicted octanol–water partition coefficient (Wildman–Crippen LogP) is -1.23. The molecule has 0 spiro atoms. The standard InChI is InChI=1S/C13H24O32S7/c1-27-12-10(36-51(21,22)23)8(34-48-44-40-16)6(32-46-42-38-14)4(30-12)2-28-13-11(37-52(24,25)26)9(35-49-45-41-17)7(33-47-43-39-15)5(31-13)3-29-50(18,19)20/h4-17H,2-3H2,1H3,(H,18,19,20)(H,21,22,23)(H,24,25,26)/t4?,5?,6-,7-,8-,9-,10?,11?,12+,13+/m0/s1. The summed E-state index contributed by atoms with van der Waals surface area (Å²) in [4.78, 5) is 0. The average Bonchev–Trinajstić information content (AvgIpc) is 3.04. The normalized spacial score (nSPS) is 30.5. The van der Waals surface area contributed by atoms with Crippen molar-refractivity contribution >= 4 is 80.5 Å². The molecule has 0 aliphatic carbocycles. The van der Waals surface area contributed by atoms with Gasteiger partial charge in [-0.1, -0.05) is 20.2 Å². The van der Waals surface area contributed by atoms with Crippen molar-refractivity contribution in [3.8, 4) is 0 Å². The van der Waals surface area contributed by atoms with Crippen LogP contribution in [0.4, 0.5) is 0 Å². The summed E-state index contributed by atoms with van der Waals surface area (Å²) in [6, 6.07) is 0. The predicted molar refractivity (Wildman–Crippen MR) is 150 cm³/mol. The van der Waals surface area contributed by atoms with Gasteiger partial charge in [0.1, 0.15) is 36.6 Å². The van der Waals surface area contributed by atoms with E-state index in [0.29, 0.717) is 0 Å². The lowest BCUT2D eigenvalue weighted by Gasteiger charge is -2.45. The van der Waals surface area contributed by atoms with Gasteiger partial charge >= 0.3 is 31.2 Å². The lowest BCUT2D eigenvalue weighted by Crippen LogP contribution is -2.63. The molecule has 2 aliphatic rings. The SMILES string of the molecule is CO[C@@H]1OC(CO[C@@H]2OC(COS(=O)(=O)O)[C@H](OSOOO)[C@H](OSOOO)C2OS(=O)(=O)O)[C@H](OSOOO)[C@H](OSOOO)C1OS(=O)(=O)O. The van der Waals surface area contributed by atoms with E-state index in [-0.39, 0.29) is 49.3 Å². The van der Waals surface area contributed by atoms with Gasteiger partial charge in [0.15, 0.2) is 74.1 Å². The van der Waals surface area contributed by atoms with Crippen LogP contribution in [0.15, 0.2) is 0 Å². The molecule has 2 heterocycles. The fourth-order valence-corrected chi connectivity index (χ4v) is 6.69. The van der Waals surface area contributed by atoms with Crippen LogP contribution in [0.2, 0.25) is 0 Å². The first kappa shape index (κ1) is 48.4. The Bertz CT molecular complexity index is 1320. The number of hydrogen-bond donors (Lipinski definition) is 7. The molecule has 2 saturated heterocycles. The lowest BCUT2D eigenvalue weighted by atomic mass is 9.98. The largest absolute Gasteiger partial charge is 0.397 e. The maximum Gasteiger partial charge on any atom is 0.397 e. The Hall–Kier alpha value is 0.210. The van der Waals surface area contributed by atoms with E-state index in [1.165, 1.54) is 0 Å². The van der Waals surface area contributed by atoms with Crippen molar-refractivity contribution in [3.05, 3.63) is 0 Å². The first-order chi connectivity index (χ1) is 24.5. The van der Waals surface area contributed by atoms with E-state index in [2.05, 4.69) is 50.0 Å². The van der Waals surface area contributed by atoms with Gasteiger partial charge in [-0.3, -0.25) is 30.4 Å². The summed E-state index contributed by atoms with van der Waals surface area (Å²) in [5.41, 5.74) is 0. The Morgan fingerprint density at radius 1 is 0.519 bits per heavy atom. The molecular formula is C13H24O32S7. The maximum absolute atomic E-state index is 11.9. The second-order valence-corrected chi connectivity index (χ2v) is 13.5. The monoisotopic (exact) mass is 916 g/mol. The Morgan fingerprint density at radius 3 is 1.25 bits per heavy atom. The first-order valence-corrected chi connectivity index (χ1v) is 18.8. The number of hydrogen-bond acceptors (Lipinski definition) is 33. The molecule has 0 aromatic rings. The van der Waals surface area contributed by atoms with Crippen molar-refractivity contribution in [2.45, 2.75) is 61.4 Å². The second-order valence-electron chi connectivity index (χ2n) is 8.43. The zero-order chi connectivity index (χ0) is 39.0. The molecular weight excluding hydrogens is 893 g/mol. The van der Waals surface area contributed by atoms with Gasteiger partial charge in [-0.2, -0.15) is 25.3 Å². The Balaban J connectivity index is 2.57. The van der Waals surface area contributed by atoms with Crippen LogP contribution in [-0.4, -0.2) is 142 Å². The molecule has 0 amide bonds. The highest BCUT2D eigenvalue weighted by Gasteiger charge is 2.55. The van der Waals surface area contributed by atoms with Crippen molar-refractivity contribution in [1.82, 2.24) is 0 Å². The molecule has 52 heavy (non-hydrogen) atoms. The summed E-state index contributed by atoms with van der Waals surface area (Å²) in [5.74, 6) is 0. The van der Waals surface area contributed by atoms with Crippen molar-refractivity contribution in [2.75, 3.05) is 20.3 Å². The van der Waals surface area contributed by atoms with Crippen LogP contribution in [0.25, 0.3) is 0 Å². The number of methoxy groups -OCH3 is 1. The Kier molecular flexibility index (Phi) is 22.4. The van der Waals surface area contributed by atoms with E-state index < -0.39 is 106 Å². The summed E-state index contributed by atoms with van der Waals surface area (Å²) < 4.78 is 170. The van der Waals surface area contributed by atoms with Gasteiger partial charge in [-0.25, -0.2) is 33.6 Å². The van der Waals surface area contributed by atoms with Crippen molar-refractivity contribution in [1.29, 1.82) is 0 Å². The van der Waals surface area contributed by atoms with Crippen molar-refractivity contribution < 1.29 is 146 Å². The van der Waals surface area contributed by atoms with Gasteiger partial charge < -0.3 is 18.9 Å². The molecule has 7 N–H and O–H groups in total. The van der Waals surface area contributed by atoms with Crippen molar-refractivity contribution in [2.24, 2.45) is 0 Å². The van der Waals surface area contributed by atoms with Gasteiger partial charge in [0.2, 0.25) is 0 Å². The third kappa shape index (κ3) is 17.6. The third-order valence-corrected chi connectivity index (χ3v) is 8.55. The van der Waals surface area contributed by atoms with Crippen LogP contribution < -0.4 is 0 Å². The summed E-state index contributed by atoms with van der Waals surface area (Å²) >= 11 is -0.890. The molecule has 0 saturated carbocycles. The number of ether oxygens (including phenoxy) is 4. The molecule has 4 unspecified atom stereocenters. The van der Waals surface area contributed by atoms with Crippen LogP contribution in [0.3, 0.4) is 0 Å². The zero-order valence-corrected chi connectivity index (χ0v) is 30.1. The highest BCUT2D eigenvalue weighted by molar-refractivity contribution is 7.90. The Morgan fingerprint density at radius 2 is 0.885 bits per heavy atom. The summed E-state index contributed by atoms with van der Waals surface area (Å²) in [6.07, 6.45) is -19.9. The van der Waals surface area contributed by atoms with Gasteiger partial charge in [0.25, 0.3) is 0 Å². The van der Waals surface area contributed by atoms with Crippen LogP contribution in [-0.2, 0) is 117 Å². The number of rotatable bonds is 27. The van der Waals surface area contributed by atoms with E-state index in [1.807, 2.05) is 0 Å². The molecule has 0 aromatic carbocycles. The second kappa shape index (κ2) is 24.1. The summed E-state index contributed by atoms with van der Waals surface area (Å²) in [5, 5.41) is 47.4. The van der Waals surface area contributed by atoms with Gasteiger partial charge in [0, 0.05) is 7.11 Å². The summed E-state index contributed by atoms with van der Waals surface area (Å²) in [6.45, 7) is -2.24. The van der Waals surface area contributed by atoms with E-state index >= 15 is 0 Å². The average molecular weight is 917 g/mol. The van der Waals surface area contributed by atoms with E-state index in [1.54, 1.807) is 0 Å². The molecule has 0 bridgehead atoms. The quantitative estimate of drug-likeness (QED) is 0.0167. The van der Waals surface area contributed by atoms with E-state index in [0.717, 1.165) is 7.11 Å². The molecule has 39 heteroatoms. The highest BCUT2D eigenvalue weighted by Crippen LogP contribution is 2.37. The molecule has 2 fully saturated rings. The van der Waals surface area contributed by atoms with Gasteiger partial charge in [-0.15, -0.1) is 17.3 Å². The fraction of sp³-hybridized carbons (Fsp3) is 1.00. The van der Waals surface area contributed by atoms with Crippen LogP contribution in [0.1, 0.15) is 0 Å². The Labute approximate surface area is 307 Å². The minimum Gasteiger partial charge on any atom is -0.353 e. The zero-order valence-electron chi connectivity index (χ0n) is 24.4. The highest BCUT2D eigenvalue weighted by atomic mass is 32.3. The molecule has 0 aromatic heterocycles. The lowest BCUT2D eigenvalue weighted by molar-refractivity contribution is -0.436. The molecule has 0 radical (unpaired) electrons. The molecule has 310 valence electrons. The molecule has 10 atom stereocenters. The fourth-order valence-electron chi connectivity index (χ4n) is 3.92. The smallest absolute Gasteiger partial charge is 0.353 e. The van der Waals surface area contributed by atoms with E-state index in [4.69, 9.17) is 61.3 Å². The van der Waals surface area contributed by atoms with Gasteiger partial charge in [-0.05, 0) is 0 Å². The summed E-state index contributed by atoms with van der Waals surface area (Å²) in [7, 11) is -15.2. The maximum atomic E-state index is 11.9. The minimum atomic E-state index is -5.55. The molecule has 32 nitrogen and oxygen atoms in total. The van der Waals surface area contributed by atoms with Gasteiger partial charge in [0.05, 0.1) is 13.2 Å². The van der Waals surface area contributed by atoms with Crippen LogP contribution in [0, 0.1) is 0 Å². The topological polar surface area (TPSA) is 419 Å². The third-order valence-electron chi connectivity index (χ3n) is 5.52. The first-order valence-electron chi connectivity index (χ1n) is 12.1. The van der Waals surface area contributed by atoms with Crippen LogP contribution in [0.5, 0.6) is 0 Å². The molecule has 2 rings (SSSR count). The minimum absolute atomic E-state index is 0.184. The van der Waals surface area contributed by atoms with Crippen molar-refractivity contribution in [3.63, 3.8) is 0 Å². The van der Waals surface area contributed by atoms with E-state index in [9.17, 15) is 34.4 Å².